The van der Waals surface area contributed by atoms with Gasteiger partial charge in [0.1, 0.15) is 0 Å². The van der Waals surface area contributed by atoms with Crippen LogP contribution in [0.15, 0.2) is 22.7 Å². The van der Waals surface area contributed by atoms with Crippen LogP contribution >= 0.6 is 15.9 Å². The molecule has 3 rings (SSSR count). The Morgan fingerprint density at radius 3 is 2.56 bits per heavy atom. The van der Waals surface area contributed by atoms with E-state index < -0.39 is 0 Å². The predicted molar refractivity (Wildman–Crippen MR) is 77.2 cm³/mol. The molecule has 1 aromatic carbocycles. The molecule has 2 unspecified atom stereocenters. The molecule has 0 bridgehead atoms. The number of benzene rings is 1. The van der Waals surface area contributed by atoms with Crippen molar-refractivity contribution in [2.75, 3.05) is 18.0 Å². The second kappa shape index (κ2) is 4.69. The molecule has 1 heterocycles. The van der Waals surface area contributed by atoms with Gasteiger partial charge in [-0.25, -0.2) is 0 Å². The van der Waals surface area contributed by atoms with Crippen LogP contribution in [0.25, 0.3) is 0 Å². The van der Waals surface area contributed by atoms with Gasteiger partial charge in [-0.15, -0.1) is 0 Å². The summed E-state index contributed by atoms with van der Waals surface area (Å²) in [6.07, 6.45) is 4.13. The lowest BCUT2D eigenvalue weighted by Crippen LogP contribution is -2.22. The van der Waals surface area contributed by atoms with Crippen LogP contribution in [-0.4, -0.2) is 18.9 Å². The van der Waals surface area contributed by atoms with Crippen LogP contribution in [0.5, 0.6) is 0 Å². The van der Waals surface area contributed by atoms with Crippen LogP contribution in [0, 0.1) is 11.8 Å². The quantitative estimate of drug-likeness (QED) is 0.773. The lowest BCUT2D eigenvalue weighted by atomic mass is 10.0. The molecule has 0 radical (unpaired) electrons. The van der Waals surface area contributed by atoms with E-state index in [9.17, 15) is 4.79 Å². The van der Waals surface area contributed by atoms with Gasteiger partial charge < -0.3 is 4.90 Å². The van der Waals surface area contributed by atoms with E-state index in [1.54, 1.807) is 6.92 Å². The average Bonchev–Trinajstić information content (AvgIpc) is 2.88. The first-order valence-corrected chi connectivity index (χ1v) is 7.50. The molecule has 0 spiro atoms. The number of anilines is 1. The summed E-state index contributed by atoms with van der Waals surface area (Å²) in [4.78, 5) is 14.2. The van der Waals surface area contributed by atoms with Gasteiger partial charge >= 0.3 is 0 Å². The largest absolute Gasteiger partial charge is 0.370 e. The van der Waals surface area contributed by atoms with Gasteiger partial charge in [0.15, 0.2) is 5.78 Å². The van der Waals surface area contributed by atoms with Gasteiger partial charge in [0.25, 0.3) is 0 Å². The van der Waals surface area contributed by atoms with E-state index in [1.165, 1.54) is 19.3 Å². The molecular weight excluding hydrogens is 290 g/mol. The maximum Gasteiger partial charge on any atom is 0.161 e. The molecule has 1 aliphatic heterocycles. The van der Waals surface area contributed by atoms with Gasteiger partial charge in [0.05, 0.1) is 0 Å². The van der Waals surface area contributed by atoms with Crippen molar-refractivity contribution < 1.29 is 4.79 Å². The van der Waals surface area contributed by atoms with Gasteiger partial charge in [0, 0.05) is 28.8 Å². The highest BCUT2D eigenvalue weighted by Crippen LogP contribution is 2.40. The topological polar surface area (TPSA) is 20.3 Å². The average molecular weight is 308 g/mol. The summed E-state index contributed by atoms with van der Waals surface area (Å²) in [5.41, 5.74) is 1.98. The Morgan fingerprint density at radius 1 is 1.28 bits per heavy atom. The van der Waals surface area contributed by atoms with E-state index in [0.717, 1.165) is 40.6 Å². The molecule has 1 aromatic rings. The molecule has 1 aliphatic carbocycles. The number of carbonyl (C=O) groups is 1. The molecule has 2 aliphatic rings. The van der Waals surface area contributed by atoms with Crippen molar-refractivity contribution >= 4 is 27.4 Å². The van der Waals surface area contributed by atoms with Crippen molar-refractivity contribution in [1.82, 2.24) is 0 Å². The van der Waals surface area contributed by atoms with E-state index in [2.05, 4.69) is 26.9 Å². The van der Waals surface area contributed by atoms with E-state index in [1.807, 2.05) is 12.1 Å². The van der Waals surface area contributed by atoms with Crippen molar-refractivity contribution in [2.45, 2.75) is 26.2 Å². The third-order valence-electron chi connectivity index (χ3n) is 4.40. The van der Waals surface area contributed by atoms with E-state index in [0.29, 0.717) is 0 Å². The Bertz CT molecular complexity index is 473. The molecular formula is C15H18BrNO. The number of halogens is 1. The third kappa shape index (κ3) is 2.09. The number of hydrogen-bond donors (Lipinski definition) is 0. The standard InChI is InChI=1S/C15H18BrNO/c1-10(18)14-7-13(16)5-6-15(14)17-8-11-3-2-4-12(11)9-17/h5-7,11-12H,2-4,8-9H2,1H3. The Kier molecular flexibility index (Phi) is 3.18. The van der Waals surface area contributed by atoms with Gasteiger partial charge in [-0.05, 0) is 49.8 Å². The summed E-state index contributed by atoms with van der Waals surface area (Å²) in [6.45, 7) is 3.92. The fraction of sp³-hybridized carbons (Fsp3) is 0.533. The molecule has 2 nitrogen and oxygen atoms in total. The van der Waals surface area contributed by atoms with Crippen molar-refractivity contribution in [2.24, 2.45) is 11.8 Å². The zero-order chi connectivity index (χ0) is 12.7. The number of Topliss-reactive ketones (excluding diaryl/α,β-unsaturated/α-hetero) is 1. The van der Waals surface area contributed by atoms with Crippen molar-refractivity contribution in [3.05, 3.63) is 28.2 Å². The minimum atomic E-state index is 0.156. The second-order valence-electron chi connectivity index (χ2n) is 5.57. The molecule has 0 amide bonds. The first kappa shape index (κ1) is 12.2. The Morgan fingerprint density at radius 2 is 1.94 bits per heavy atom. The molecule has 96 valence electrons. The van der Waals surface area contributed by atoms with Crippen molar-refractivity contribution in [3.63, 3.8) is 0 Å². The highest BCUT2D eigenvalue weighted by molar-refractivity contribution is 9.10. The number of fused-ring (bicyclic) bond motifs is 1. The zero-order valence-electron chi connectivity index (χ0n) is 10.7. The first-order chi connectivity index (χ1) is 8.65. The highest BCUT2D eigenvalue weighted by atomic mass is 79.9. The summed E-state index contributed by atoms with van der Waals surface area (Å²) < 4.78 is 0.982. The molecule has 1 saturated heterocycles. The van der Waals surface area contributed by atoms with E-state index in [4.69, 9.17) is 0 Å². The van der Waals surface area contributed by atoms with Crippen LogP contribution < -0.4 is 4.90 Å². The first-order valence-electron chi connectivity index (χ1n) is 6.70. The van der Waals surface area contributed by atoms with Gasteiger partial charge in [-0.1, -0.05) is 22.4 Å². The van der Waals surface area contributed by atoms with Crippen LogP contribution in [0.3, 0.4) is 0 Å². The number of carbonyl (C=O) groups excluding carboxylic acids is 1. The molecule has 1 saturated carbocycles. The fourth-order valence-electron chi connectivity index (χ4n) is 3.50. The number of hydrogen-bond acceptors (Lipinski definition) is 2. The number of nitrogens with zero attached hydrogens (tertiary/aromatic N) is 1. The number of ketones is 1. The molecule has 2 atom stereocenters. The SMILES string of the molecule is CC(=O)c1cc(Br)ccc1N1CC2CCCC2C1. The van der Waals surface area contributed by atoms with Gasteiger partial charge in [-0.3, -0.25) is 4.79 Å². The van der Waals surface area contributed by atoms with Crippen molar-refractivity contribution in [1.29, 1.82) is 0 Å². The highest BCUT2D eigenvalue weighted by Gasteiger charge is 2.36. The lowest BCUT2D eigenvalue weighted by molar-refractivity contribution is 0.101. The van der Waals surface area contributed by atoms with E-state index >= 15 is 0 Å². The van der Waals surface area contributed by atoms with Crippen LogP contribution in [0.4, 0.5) is 5.69 Å². The Balaban J connectivity index is 1.90. The fourth-order valence-corrected chi connectivity index (χ4v) is 3.86. The summed E-state index contributed by atoms with van der Waals surface area (Å²) in [7, 11) is 0. The lowest BCUT2D eigenvalue weighted by Gasteiger charge is -2.22. The van der Waals surface area contributed by atoms with Gasteiger partial charge in [0.2, 0.25) is 0 Å². The molecule has 0 aromatic heterocycles. The summed E-state index contributed by atoms with van der Waals surface area (Å²) in [5, 5.41) is 0. The minimum Gasteiger partial charge on any atom is -0.370 e. The molecule has 18 heavy (non-hydrogen) atoms. The van der Waals surface area contributed by atoms with Crippen molar-refractivity contribution in [3.8, 4) is 0 Å². The molecule has 3 heteroatoms. The normalized spacial score (nSPS) is 26.4. The van der Waals surface area contributed by atoms with Gasteiger partial charge in [-0.2, -0.15) is 0 Å². The third-order valence-corrected chi connectivity index (χ3v) is 4.90. The van der Waals surface area contributed by atoms with E-state index in [-0.39, 0.29) is 5.78 Å². The Hall–Kier alpha value is -0.830. The predicted octanol–water partition coefficient (Wildman–Crippen LogP) is 3.89. The Labute approximate surface area is 116 Å². The maximum absolute atomic E-state index is 11.8. The minimum absolute atomic E-state index is 0.156. The summed E-state index contributed by atoms with van der Waals surface area (Å²) in [6, 6.07) is 6.07. The number of rotatable bonds is 2. The van der Waals surface area contributed by atoms with Crippen LogP contribution in [0.2, 0.25) is 0 Å². The maximum atomic E-state index is 11.8. The van der Waals surface area contributed by atoms with Crippen LogP contribution in [-0.2, 0) is 0 Å². The summed E-state index contributed by atoms with van der Waals surface area (Å²) >= 11 is 3.45. The van der Waals surface area contributed by atoms with Crippen LogP contribution in [0.1, 0.15) is 36.5 Å². The smallest absolute Gasteiger partial charge is 0.161 e. The summed E-state index contributed by atoms with van der Waals surface area (Å²) in [5.74, 6) is 1.87. The molecule has 0 N–H and O–H groups in total. The molecule has 2 fully saturated rings. The second-order valence-corrected chi connectivity index (χ2v) is 6.49. The zero-order valence-corrected chi connectivity index (χ0v) is 12.2. The monoisotopic (exact) mass is 307 g/mol.